The number of rotatable bonds is 2. The molecule has 0 unspecified atom stereocenters. The molecule has 1 heterocycles. The van der Waals surface area contributed by atoms with Crippen LogP contribution in [-0.2, 0) is 0 Å². The van der Waals surface area contributed by atoms with Gasteiger partial charge >= 0.3 is 0 Å². The van der Waals surface area contributed by atoms with Gasteiger partial charge in [-0.1, -0.05) is 12.8 Å². The van der Waals surface area contributed by atoms with E-state index < -0.39 is 0 Å². The van der Waals surface area contributed by atoms with Crippen molar-refractivity contribution in [3.8, 4) is 5.75 Å². The molecule has 1 aromatic rings. The van der Waals surface area contributed by atoms with Gasteiger partial charge in [-0.15, -0.1) is 0 Å². The summed E-state index contributed by atoms with van der Waals surface area (Å²) in [6, 6.07) is 9.88. The van der Waals surface area contributed by atoms with Gasteiger partial charge in [-0.3, -0.25) is 0 Å². The lowest BCUT2D eigenvalue weighted by molar-refractivity contribution is 0.284. The van der Waals surface area contributed by atoms with Gasteiger partial charge in [0.15, 0.2) is 0 Å². The van der Waals surface area contributed by atoms with E-state index in [4.69, 9.17) is 4.74 Å². The Morgan fingerprint density at radius 3 is 2.72 bits per heavy atom. The van der Waals surface area contributed by atoms with Crippen LogP contribution in [0.15, 0.2) is 24.3 Å². The number of ether oxygens (including phenoxy) is 1. The van der Waals surface area contributed by atoms with E-state index in [2.05, 4.69) is 34.5 Å². The Kier molecular flexibility index (Phi) is 3.41. The minimum Gasteiger partial charge on any atom is -0.497 e. The molecule has 1 N–H and O–H groups in total. The highest BCUT2D eigenvalue weighted by molar-refractivity contribution is 5.51. The maximum Gasteiger partial charge on any atom is 0.119 e. The zero-order valence-corrected chi connectivity index (χ0v) is 11.1. The van der Waals surface area contributed by atoms with Crippen molar-refractivity contribution in [3.63, 3.8) is 0 Å². The fourth-order valence-electron chi connectivity index (χ4n) is 3.35. The summed E-state index contributed by atoms with van der Waals surface area (Å²) in [6.07, 6.45) is 5.40. The highest BCUT2D eigenvalue weighted by Gasteiger charge is 2.32. The second-order valence-corrected chi connectivity index (χ2v) is 5.30. The first-order chi connectivity index (χ1) is 8.88. The third-order valence-electron chi connectivity index (χ3n) is 4.29. The predicted octanol–water partition coefficient (Wildman–Crippen LogP) is 2.42. The number of hydrogen-bond acceptors (Lipinski definition) is 3. The van der Waals surface area contributed by atoms with Crippen LogP contribution in [0, 0.1) is 0 Å². The predicted molar refractivity (Wildman–Crippen MR) is 74.4 cm³/mol. The van der Waals surface area contributed by atoms with E-state index in [1.54, 1.807) is 7.11 Å². The molecule has 2 atom stereocenters. The molecule has 98 valence electrons. The summed E-state index contributed by atoms with van der Waals surface area (Å²) in [6.45, 7) is 2.22. The van der Waals surface area contributed by atoms with Gasteiger partial charge in [-0.25, -0.2) is 0 Å². The number of piperazine rings is 1. The van der Waals surface area contributed by atoms with Gasteiger partial charge in [-0.05, 0) is 37.1 Å². The van der Waals surface area contributed by atoms with E-state index in [0.29, 0.717) is 12.1 Å². The quantitative estimate of drug-likeness (QED) is 0.867. The molecule has 0 radical (unpaired) electrons. The SMILES string of the molecule is COc1ccc(N2CCN[C@H]3CCCC[C@H]32)cc1. The van der Waals surface area contributed by atoms with E-state index in [1.807, 2.05) is 0 Å². The number of nitrogens with zero attached hydrogens (tertiary/aromatic N) is 1. The molecule has 2 aliphatic rings. The first-order valence-corrected chi connectivity index (χ1v) is 7.02. The molecule has 1 saturated carbocycles. The van der Waals surface area contributed by atoms with Crippen LogP contribution in [0.25, 0.3) is 0 Å². The monoisotopic (exact) mass is 246 g/mol. The summed E-state index contributed by atoms with van der Waals surface area (Å²) in [5, 5.41) is 3.68. The van der Waals surface area contributed by atoms with Crippen LogP contribution in [-0.4, -0.2) is 32.3 Å². The summed E-state index contributed by atoms with van der Waals surface area (Å²) in [7, 11) is 1.72. The van der Waals surface area contributed by atoms with Crippen LogP contribution >= 0.6 is 0 Å². The van der Waals surface area contributed by atoms with Crippen molar-refractivity contribution in [1.82, 2.24) is 5.32 Å². The summed E-state index contributed by atoms with van der Waals surface area (Å²) >= 11 is 0. The van der Waals surface area contributed by atoms with Gasteiger partial charge in [0.2, 0.25) is 0 Å². The number of benzene rings is 1. The molecule has 3 rings (SSSR count). The molecule has 3 nitrogen and oxygen atoms in total. The van der Waals surface area contributed by atoms with Crippen molar-refractivity contribution >= 4 is 5.69 Å². The van der Waals surface area contributed by atoms with Crippen LogP contribution in [0.3, 0.4) is 0 Å². The second-order valence-electron chi connectivity index (χ2n) is 5.30. The first kappa shape index (κ1) is 11.8. The molecule has 1 aromatic carbocycles. The minimum absolute atomic E-state index is 0.681. The fourth-order valence-corrected chi connectivity index (χ4v) is 3.35. The smallest absolute Gasteiger partial charge is 0.119 e. The van der Waals surface area contributed by atoms with Crippen molar-refractivity contribution in [2.75, 3.05) is 25.1 Å². The van der Waals surface area contributed by atoms with Crippen molar-refractivity contribution in [1.29, 1.82) is 0 Å². The second kappa shape index (κ2) is 5.19. The lowest BCUT2D eigenvalue weighted by Crippen LogP contribution is -2.59. The molecule has 0 aromatic heterocycles. The van der Waals surface area contributed by atoms with Crippen molar-refractivity contribution in [2.45, 2.75) is 37.8 Å². The number of methoxy groups -OCH3 is 1. The normalized spacial score (nSPS) is 27.7. The zero-order chi connectivity index (χ0) is 12.4. The molecule has 1 saturated heterocycles. The maximum absolute atomic E-state index is 5.23. The van der Waals surface area contributed by atoms with Crippen LogP contribution in [0.1, 0.15) is 25.7 Å². The number of hydrogen-bond donors (Lipinski definition) is 1. The number of anilines is 1. The molecular weight excluding hydrogens is 224 g/mol. The number of nitrogens with one attached hydrogen (secondary N) is 1. The van der Waals surface area contributed by atoms with E-state index in [9.17, 15) is 0 Å². The summed E-state index contributed by atoms with van der Waals surface area (Å²) in [5.41, 5.74) is 1.34. The van der Waals surface area contributed by atoms with Gasteiger partial charge in [0.05, 0.1) is 7.11 Å². The highest BCUT2D eigenvalue weighted by atomic mass is 16.5. The van der Waals surface area contributed by atoms with Crippen LogP contribution in [0.2, 0.25) is 0 Å². The van der Waals surface area contributed by atoms with E-state index in [1.165, 1.54) is 31.4 Å². The van der Waals surface area contributed by atoms with E-state index in [0.717, 1.165) is 18.8 Å². The number of fused-ring (bicyclic) bond motifs is 1. The molecule has 2 fully saturated rings. The Balaban J connectivity index is 1.80. The summed E-state index contributed by atoms with van der Waals surface area (Å²) in [4.78, 5) is 2.58. The lowest BCUT2D eigenvalue weighted by Gasteiger charge is -2.46. The minimum atomic E-state index is 0.681. The first-order valence-electron chi connectivity index (χ1n) is 7.02. The Bertz CT molecular complexity index is 388. The van der Waals surface area contributed by atoms with Crippen molar-refractivity contribution in [2.24, 2.45) is 0 Å². The molecule has 0 spiro atoms. The third kappa shape index (κ3) is 2.19. The van der Waals surface area contributed by atoms with E-state index in [-0.39, 0.29) is 0 Å². The summed E-state index contributed by atoms with van der Waals surface area (Å²) in [5.74, 6) is 0.939. The average molecular weight is 246 g/mol. The largest absolute Gasteiger partial charge is 0.497 e. The maximum atomic E-state index is 5.23. The summed E-state index contributed by atoms with van der Waals surface area (Å²) < 4.78 is 5.23. The molecule has 18 heavy (non-hydrogen) atoms. The van der Waals surface area contributed by atoms with E-state index >= 15 is 0 Å². The molecule has 1 aliphatic heterocycles. The molecule has 0 bridgehead atoms. The average Bonchev–Trinajstić information content (AvgIpc) is 2.47. The molecular formula is C15H22N2O. The third-order valence-corrected chi connectivity index (χ3v) is 4.29. The Morgan fingerprint density at radius 2 is 1.94 bits per heavy atom. The Labute approximate surface area is 109 Å². The van der Waals surface area contributed by atoms with Crippen LogP contribution in [0.5, 0.6) is 5.75 Å². The highest BCUT2D eigenvalue weighted by Crippen LogP contribution is 2.30. The molecule has 1 aliphatic carbocycles. The van der Waals surface area contributed by atoms with Crippen LogP contribution < -0.4 is 15.0 Å². The van der Waals surface area contributed by atoms with Gasteiger partial charge < -0.3 is 15.0 Å². The van der Waals surface area contributed by atoms with Gasteiger partial charge in [0.25, 0.3) is 0 Å². The fraction of sp³-hybridized carbons (Fsp3) is 0.600. The topological polar surface area (TPSA) is 24.5 Å². The van der Waals surface area contributed by atoms with Gasteiger partial charge in [-0.2, -0.15) is 0 Å². The lowest BCUT2D eigenvalue weighted by atomic mass is 9.87. The Hall–Kier alpha value is -1.22. The zero-order valence-electron chi connectivity index (χ0n) is 11.1. The Morgan fingerprint density at radius 1 is 1.17 bits per heavy atom. The molecule has 0 amide bonds. The van der Waals surface area contributed by atoms with Gasteiger partial charge in [0.1, 0.15) is 5.75 Å². The standard InChI is InChI=1S/C15H22N2O/c1-18-13-8-6-12(7-9-13)17-11-10-16-14-4-2-3-5-15(14)17/h6-9,14-16H,2-5,10-11H2,1H3/t14-,15+/m0/s1. The van der Waals surface area contributed by atoms with Crippen molar-refractivity contribution < 1.29 is 4.74 Å². The van der Waals surface area contributed by atoms with Gasteiger partial charge in [0, 0.05) is 30.9 Å². The molecule has 3 heteroatoms. The van der Waals surface area contributed by atoms with Crippen LogP contribution in [0.4, 0.5) is 5.69 Å². The van der Waals surface area contributed by atoms with Crippen molar-refractivity contribution in [3.05, 3.63) is 24.3 Å².